The Balaban J connectivity index is 1.61. The van der Waals surface area contributed by atoms with Gasteiger partial charge in [-0.05, 0) is 67.4 Å². The maximum Gasteiger partial charge on any atom is 0.387 e. The van der Waals surface area contributed by atoms with E-state index in [1.807, 2.05) is 13.0 Å². The molecule has 0 spiro atoms. The van der Waals surface area contributed by atoms with Crippen molar-refractivity contribution in [1.82, 2.24) is 9.78 Å². The molecule has 1 N–H and O–H groups in total. The number of hydrogen-bond donors (Lipinski definition) is 1. The van der Waals surface area contributed by atoms with E-state index in [0.717, 1.165) is 5.56 Å². The molecule has 0 bridgehead atoms. The minimum atomic E-state index is -2.90. The first-order valence-corrected chi connectivity index (χ1v) is 8.99. The van der Waals surface area contributed by atoms with Gasteiger partial charge in [0.2, 0.25) is 0 Å². The second-order valence-electron chi connectivity index (χ2n) is 6.23. The van der Waals surface area contributed by atoms with E-state index in [-0.39, 0.29) is 18.2 Å². The summed E-state index contributed by atoms with van der Waals surface area (Å²) in [4.78, 5) is 12.4. The average Bonchev–Trinajstić information content (AvgIpc) is 3.13. The molecule has 0 saturated heterocycles. The second kappa shape index (κ2) is 8.91. The van der Waals surface area contributed by atoms with Gasteiger partial charge < -0.3 is 14.8 Å². The summed E-state index contributed by atoms with van der Waals surface area (Å²) in [6, 6.07) is 11.1. The van der Waals surface area contributed by atoms with Gasteiger partial charge in [0.15, 0.2) is 12.4 Å². The lowest BCUT2D eigenvalue weighted by atomic mass is 10.2. The number of nitrogens with zero attached hydrogens (tertiary/aromatic N) is 2. The number of anilines is 1. The molecule has 9 heteroatoms. The molecule has 0 atom stereocenters. The number of hydrogen-bond acceptors (Lipinski definition) is 4. The first-order valence-electron chi connectivity index (χ1n) is 8.61. The molecular formula is C20H18ClF2N3O3. The lowest BCUT2D eigenvalue weighted by Crippen LogP contribution is -2.15. The Morgan fingerprint density at radius 2 is 1.86 bits per heavy atom. The SMILES string of the molecule is Cc1cc(OCn2ccc(C(=O)Nc3ccc(OC(F)F)cc3C)n2)ccc1Cl. The molecule has 0 radical (unpaired) electrons. The lowest BCUT2D eigenvalue weighted by molar-refractivity contribution is -0.0498. The van der Waals surface area contributed by atoms with E-state index in [2.05, 4.69) is 15.2 Å². The summed E-state index contributed by atoms with van der Waals surface area (Å²) in [7, 11) is 0. The summed E-state index contributed by atoms with van der Waals surface area (Å²) in [5.41, 5.74) is 2.13. The summed E-state index contributed by atoms with van der Waals surface area (Å²) < 4.78 is 36.0. The van der Waals surface area contributed by atoms with Crippen molar-refractivity contribution in [1.29, 1.82) is 0 Å². The Kier molecular flexibility index (Phi) is 6.33. The van der Waals surface area contributed by atoms with E-state index in [1.54, 1.807) is 31.3 Å². The molecule has 6 nitrogen and oxygen atoms in total. The van der Waals surface area contributed by atoms with Crippen LogP contribution in [0.1, 0.15) is 21.6 Å². The van der Waals surface area contributed by atoms with Gasteiger partial charge in [0.1, 0.15) is 11.5 Å². The molecule has 0 aliphatic carbocycles. The summed E-state index contributed by atoms with van der Waals surface area (Å²) >= 11 is 5.99. The Bertz CT molecular complexity index is 1020. The van der Waals surface area contributed by atoms with E-state index < -0.39 is 12.5 Å². The van der Waals surface area contributed by atoms with Crippen molar-refractivity contribution in [2.24, 2.45) is 0 Å². The topological polar surface area (TPSA) is 65.4 Å². The van der Waals surface area contributed by atoms with Crippen LogP contribution in [0, 0.1) is 13.8 Å². The van der Waals surface area contributed by atoms with Crippen molar-refractivity contribution >= 4 is 23.2 Å². The summed E-state index contributed by atoms with van der Waals surface area (Å²) in [5.74, 6) is 0.223. The molecule has 1 aromatic heterocycles. The van der Waals surface area contributed by atoms with Crippen LogP contribution in [0.3, 0.4) is 0 Å². The molecule has 152 valence electrons. The predicted molar refractivity (Wildman–Crippen MR) is 105 cm³/mol. The van der Waals surface area contributed by atoms with Crippen LogP contribution >= 0.6 is 11.6 Å². The number of aromatic nitrogens is 2. The minimum absolute atomic E-state index is 0.0226. The number of alkyl halides is 2. The number of rotatable bonds is 7. The second-order valence-corrected chi connectivity index (χ2v) is 6.64. The number of carbonyl (C=O) groups is 1. The molecule has 2 aromatic carbocycles. The lowest BCUT2D eigenvalue weighted by Gasteiger charge is -2.10. The molecule has 0 saturated carbocycles. The number of amides is 1. The van der Waals surface area contributed by atoms with E-state index in [1.165, 1.54) is 22.9 Å². The fraction of sp³-hybridized carbons (Fsp3) is 0.200. The highest BCUT2D eigenvalue weighted by Gasteiger charge is 2.13. The number of halogens is 3. The highest BCUT2D eigenvalue weighted by Crippen LogP contribution is 2.23. The highest BCUT2D eigenvalue weighted by atomic mass is 35.5. The van der Waals surface area contributed by atoms with Gasteiger partial charge in [-0.15, -0.1) is 0 Å². The quantitative estimate of drug-likeness (QED) is 0.580. The highest BCUT2D eigenvalue weighted by molar-refractivity contribution is 6.31. The van der Waals surface area contributed by atoms with Crippen LogP contribution in [0.25, 0.3) is 0 Å². The molecule has 3 aromatic rings. The number of nitrogens with one attached hydrogen (secondary N) is 1. The van der Waals surface area contributed by atoms with Crippen LogP contribution in [0.5, 0.6) is 11.5 Å². The van der Waals surface area contributed by atoms with Gasteiger partial charge in [0.25, 0.3) is 5.91 Å². The summed E-state index contributed by atoms with van der Waals surface area (Å²) in [5, 5.41) is 7.52. The standard InChI is InChI=1S/C20H18ClF2N3O3/c1-12-9-14(3-5-16(12)21)28-11-26-8-7-18(25-26)19(27)24-17-6-4-15(10-13(17)2)29-20(22)23/h3-10,20H,11H2,1-2H3,(H,24,27). The number of ether oxygens (including phenoxy) is 2. The predicted octanol–water partition coefficient (Wildman–Crippen LogP) is 5.04. The fourth-order valence-corrected chi connectivity index (χ4v) is 2.66. The third kappa shape index (κ3) is 5.45. The third-order valence-electron chi connectivity index (χ3n) is 4.04. The van der Waals surface area contributed by atoms with Crippen molar-refractivity contribution in [3.63, 3.8) is 0 Å². The monoisotopic (exact) mass is 421 g/mol. The zero-order chi connectivity index (χ0) is 21.0. The Hall–Kier alpha value is -3.13. The first-order chi connectivity index (χ1) is 13.8. The average molecular weight is 422 g/mol. The molecule has 0 aliphatic rings. The number of benzene rings is 2. The first kappa shape index (κ1) is 20.6. The Morgan fingerprint density at radius 3 is 2.55 bits per heavy atom. The molecular weight excluding hydrogens is 404 g/mol. The molecule has 1 amide bonds. The van der Waals surface area contributed by atoms with Gasteiger partial charge in [-0.25, -0.2) is 4.68 Å². The molecule has 29 heavy (non-hydrogen) atoms. The van der Waals surface area contributed by atoms with E-state index in [9.17, 15) is 13.6 Å². The van der Waals surface area contributed by atoms with Crippen molar-refractivity contribution in [3.8, 4) is 11.5 Å². The number of aryl methyl sites for hydroxylation is 2. The molecule has 0 fully saturated rings. The van der Waals surface area contributed by atoms with Crippen LogP contribution in [0.15, 0.2) is 48.7 Å². The maximum atomic E-state index is 12.4. The molecule has 1 heterocycles. The molecule has 0 unspecified atom stereocenters. The largest absolute Gasteiger partial charge is 0.471 e. The van der Waals surface area contributed by atoms with Crippen LogP contribution in [-0.2, 0) is 6.73 Å². The zero-order valence-corrected chi connectivity index (χ0v) is 16.4. The summed E-state index contributed by atoms with van der Waals surface area (Å²) in [6.45, 7) is 0.763. The number of carbonyl (C=O) groups excluding carboxylic acids is 1. The van der Waals surface area contributed by atoms with Gasteiger partial charge in [-0.3, -0.25) is 4.79 Å². The zero-order valence-electron chi connectivity index (χ0n) is 15.7. The maximum absolute atomic E-state index is 12.4. The van der Waals surface area contributed by atoms with Crippen molar-refractivity contribution in [3.05, 3.63) is 70.5 Å². The van der Waals surface area contributed by atoms with Crippen molar-refractivity contribution < 1.29 is 23.0 Å². The Morgan fingerprint density at radius 1 is 1.14 bits per heavy atom. The summed E-state index contributed by atoms with van der Waals surface area (Å²) in [6.07, 6.45) is 1.62. The Labute approximate surface area is 171 Å². The van der Waals surface area contributed by atoms with Crippen LogP contribution in [-0.4, -0.2) is 22.3 Å². The normalized spacial score (nSPS) is 10.8. The van der Waals surface area contributed by atoms with Gasteiger partial charge in [-0.2, -0.15) is 13.9 Å². The van der Waals surface area contributed by atoms with E-state index >= 15 is 0 Å². The third-order valence-corrected chi connectivity index (χ3v) is 4.46. The van der Waals surface area contributed by atoms with Crippen LogP contribution in [0.4, 0.5) is 14.5 Å². The molecule has 3 rings (SSSR count). The van der Waals surface area contributed by atoms with Gasteiger partial charge >= 0.3 is 6.61 Å². The van der Waals surface area contributed by atoms with Crippen LogP contribution in [0.2, 0.25) is 5.02 Å². The van der Waals surface area contributed by atoms with E-state index in [4.69, 9.17) is 16.3 Å². The fourth-order valence-electron chi connectivity index (χ4n) is 2.54. The van der Waals surface area contributed by atoms with Crippen molar-refractivity contribution in [2.45, 2.75) is 27.2 Å². The molecule has 0 aliphatic heterocycles. The van der Waals surface area contributed by atoms with Crippen molar-refractivity contribution in [2.75, 3.05) is 5.32 Å². The van der Waals surface area contributed by atoms with Crippen LogP contribution < -0.4 is 14.8 Å². The van der Waals surface area contributed by atoms with E-state index in [0.29, 0.717) is 22.0 Å². The smallest absolute Gasteiger partial charge is 0.387 e. The van der Waals surface area contributed by atoms with Gasteiger partial charge in [0.05, 0.1) is 0 Å². The van der Waals surface area contributed by atoms with Gasteiger partial charge in [0, 0.05) is 16.9 Å². The minimum Gasteiger partial charge on any atom is -0.471 e. The van der Waals surface area contributed by atoms with Gasteiger partial charge in [-0.1, -0.05) is 11.6 Å².